The van der Waals surface area contributed by atoms with Crippen LogP contribution in [0.2, 0.25) is 0 Å². The molecule has 1 aliphatic rings. The molecule has 1 amide bonds. The van der Waals surface area contributed by atoms with Crippen LogP contribution in [0.25, 0.3) is 11.0 Å². The molecule has 1 aliphatic heterocycles. The number of anilines is 1. The highest BCUT2D eigenvalue weighted by Crippen LogP contribution is 2.29. The quantitative estimate of drug-likeness (QED) is 0.505. The second-order valence-corrected chi connectivity index (χ2v) is 7.08. The van der Waals surface area contributed by atoms with Gasteiger partial charge < -0.3 is 14.8 Å². The first-order valence-corrected chi connectivity index (χ1v) is 9.09. The predicted molar refractivity (Wildman–Crippen MR) is 103 cm³/mol. The number of aromatic nitrogens is 3. The number of H-pyrrole nitrogens is 1. The van der Waals surface area contributed by atoms with Crippen LogP contribution in [0.4, 0.5) is 11.5 Å². The van der Waals surface area contributed by atoms with Gasteiger partial charge in [0.05, 0.1) is 22.3 Å². The molecular weight excluding hydrogens is 416 g/mol. The van der Waals surface area contributed by atoms with Crippen LogP contribution < -0.4 is 4.90 Å². The van der Waals surface area contributed by atoms with Crippen molar-refractivity contribution in [2.75, 3.05) is 31.1 Å². The van der Waals surface area contributed by atoms with Crippen LogP contribution in [0.5, 0.6) is 0 Å². The number of piperazine rings is 1. The van der Waals surface area contributed by atoms with Gasteiger partial charge in [-0.3, -0.25) is 14.9 Å². The van der Waals surface area contributed by atoms with Crippen molar-refractivity contribution in [1.82, 2.24) is 19.9 Å². The van der Waals surface area contributed by atoms with E-state index in [0.717, 1.165) is 11.0 Å². The van der Waals surface area contributed by atoms with E-state index in [0.29, 0.717) is 42.0 Å². The SMILES string of the molecule is O=C(c1ccc2nc[nH]c2c1)N1CCN(c2ncc(Br)cc2[N+](=O)[O-])CC1. The summed E-state index contributed by atoms with van der Waals surface area (Å²) < 4.78 is 0.556. The molecule has 0 saturated carbocycles. The molecular formula is C17H15BrN6O3. The van der Waals surface area contributed by atoms with Crippen molar-refractivity contribution in [2.24, 2.45) is 0 Å². The molecule has 0 unspecified atom stereocenters. The summed E-state index contributed by atoms with van der Waals surface area (Å²) in [7, 11) is 0. The highest BCUT2D eigenvalue weighted by Gasteiger charge is 2.27. The number of rotatable bonds is 3. The van der Waals surface area contributed by atoms with Crippen molar-refractivity contribution in [2.45, 2.75) is 0 Å². The van der Waals surface area contributed by atoms with Gasteiger partial charge in [-0.1, -0.05) is 0 Å². The molecule has 1 fully saturated rings. The molecule has 27 heavy (non-hydrogen) atoms. The summed E-state index contributed by atoms with van der Waals surface area (Å²) in [4.78, 5) is 38.6. The maximum Gasteiger partial charge on any atom is 0.312 e. The summed E-state index contributed by atoms with van der Waals surface area (Å²) >= 11 is 3.21. The number of aromatic amines is 1. The van der Waals surface area contributed by atoms with Crippen LogP contribution in [0, 0.1) is 10.1 Å². The van der Waals surface area contributed by atoms with Gasteiger partial charge >= 0.3 is 5.69 Å². The van der Waals surface area contributed by atoms with Gasteiger partial charge in [0.1, 0.15) is 0 Å². The number of pyridine rings is 1. The number of hydrogen-bond donors (Lipinski definition) is 1. The lowest BCUT2D eigenvalue weighted by Crippen LogP contribution is -2.49. The Labute approximate surface area is 162 Å². The van der Waals surface area contributed by atoms with Crippen molar-refractivity contribution >= 4 is 44.4 Å². The summed E-state index contributed by atoms with van der Waals surface area (Å²) in [6.45, 7) is 1.89. The van der Waals surface area contributed by atoms with Gasteiger partial charge in [-0.05, 0) is 34.1 Å². The van der Waals surface area contributed by atoms with E-state index < -0.39 is 4.92 Å². The lowest BCUT2D eigenvalue weighted by molar-refractivity contribution is -0.384. The lowest BCUT2D eigenvalue weighted by atomic mass is 10.1. The van der Waals surface area contributed by atoms with E-state index in [-0.39, 0.29) is 11.6 Å². The molecule has 1 N–H and O–H groups in total. The van der Waals surface area contributed by atoms with Crippen LogP contribution in [0.3, 0.4) is 0 Å². The Morgan fingerprint density at radius 2 is 1.96 bits per heavy atom. The first kappa shape index (κ1) is 17.4. The standard InChI is InChI=1S/C17H15BrN6O3/c18-12-8-15(24(26)27)16(19-9-12)22-3-5-23(6-4-22)17(25)11-1-2-13-14(7-11)21-10-20-13/h1-2,7-10H,3-6H2,(H,20,21). The Bertz CT molecular complexity index is 1030. The summed E-state index contributed by atoms with van der Waals surface area (Å²) in [5.41, 5.74) is 2.17. The Morgan fingerprint density at radius 3 is 2.70 bits per heavy atom. The van der Waals surface area contributed by atoms with Crippen LogP contribution in [-0.2, 0) is 0 Å². The molecule has 3 heterocycles. The van der Waals surface area contributed by atoms with Crippen molar-refractivity contribution in [3.05, 3.63) is 56.9 Å². The number of nitrogens with one attached hydrogen (secondary N) is 1. The molecule has 4 rings (SSSR count). The van der Waals surface area contributed by atoms with Gasteiger partial charge in [0.2, 0.25) is 5.82 Å². The summed E-state index contributed by atoms with van der Waals surface area (Å²) in [5, 5.41) is 11.3. The molecule has 0 atom stereocenters. The highest BCUT2D eigenvalue weighted by molar-refractivity contribution is 9.10. The van der Waals surface area contributed by atoms with Crippen molar-refractivity contribution < 1.29 is 9.72 Å². The zero-order valence-corrected chi connectivity index (χ0v) is 15.7. The predicted octanol–water partition coefficient (Wildman–Crippen LogP) is 2.59. The van der Waals surface area contributed by atoms with Crippen LogP contribution >= 0.6 is 15.9 Å². The number of fused-ring (bicyclic) bond motifs is 1. The highest BCUT2D eigenvalue weighted by atomic mass is 79.9. The van der Waals surface area contributed by atoms with E-state index in [1.165, 1.54) is 6.07 Å². The normalized spacial score (nSPS) is 14.6. The smallest absolute Gasteiger partial charge is 0.312 e. The number of nitrogens with zero attached hydrogens (tertiary/aromatic N) is 5. The van der Waals surface area contributed by atoms with Gasteiger partial charge in [0.25, 0.3) is 5.91 Å². The van der Waals surface area contributed by atoms with Gasteiger partial charge in [0, 0.05) is 48.5 Å². The number of imidazole rings is 1. The average Bonchev–Trinajstić information content (AvgIpc) is 3.15. The zero-order valence-electron chi connectivity index (χ0n) is 14.1. The summed E-state index contributed by atoms with van der Waals surface area (Å²) in [5.74, 6) is 0.263. The fraction of sp³-hybridized carbons (Fsp3) is 0.235. The minimum Gasteiger partial charge on any atom is -0.347 e. The molecule has 0 bridgehead atoms. The number of carbonyl (C=O) groups is 1. The Hall–Kier alpha value is -3.01. The number of nitro groups is 1. The lowest BCUT2D eigenvalue weighted by Gasteiger charge is -2.35. The van der Waals surface area contributed by atoms with E-state index >= 15 is 0 Å². The molecule has 2 aromatic heterocycles. The number of benzene rings is 1. The third-order valence-electron chi connectivity index (χ3n) is 4.54. The molecule has 0 spiro atoms. The Kier molecular flexibility index (Phi) is 4.48. The van der Waals surface area contributed by atoms with Crippen LogP contribution in [0.15, 0.2) is 41.3 Å². The van der Waals surface area contributed by atoms with Crippen LogP contribution in [0.1, 0.15) is 10.4 Å². The minimum atomic E-state index is -0.440. The monoisotopic (exact) mass is 430 g/mol. The maximum absolute atomic E-state index is 12.8. The molecule has 9 nitrogen and oxygen atoms in total. The molecule has 0 aliphatic carbocycles. The second kappa shape index (κ2) is 6.95. The summed E-state index contributed by atoms with van der Waals surface area (Å²) in [6, 6.07) is 6.81. The fourth-order valence-electron chi connectivity index (χ4n) is 3.17. The largest absolute Gasteiger partial charge is 0.347 e. The molecule has 1 saturated heterocycles. The molecule has 10 heteroatoms. The van der Waals surface area contributed by atoms with E-state index in [1.807, 2.05) is 11.0 Å². The van der Waals surface area contributed by atoms with E-state index in [9.17, 15) is 14.9 Å². The van der Waals surface area contributed by atoms with Crippen molar-refractivity contribution in [1.29, 1.82) is 0 Å². The minimum absolute atomic E-state index is 0.0474. The molecule has 0 radical (unpaired) electrons. The van der Waals surface area contributed by atoms with Crippen LogP contribution in [-0.4, -0.2) is 56.9 Å². The van der Waals surface area contributed by atoms with Gasteiger partial charge in [-0.25, -0.2) is 9.97 Å². The molecule has 1 aromatic carbocycles. The number of hydrogen-bond acceptors (Lipinski definition) is 6. The van der Waals surface area contributed by atoms with Crippen molar-refractivity contribution in [3.8, 4) is 0 Å². The fourth-order valence-corrected chi connectivity index (χ4v) is 3.49. The van der Waals surface area contributed by atoms with Gasteiger partial charge in [0.15, 0.2) is 0 Å². The zero-order chi connectivity index (χ0) is 19.0. The molecule has 138 valence electrons. The maximum atomic E-state index is 12.8. The third-order valence-corrected chi connectivity index (χ3v) is 4.98. The number of carbonyl (C=O) groups excluding carboxylic acids is 1. The second-order valence-electron chi connectivity index (χ2n) is 6.17. The van der Waals surface area contributed by atoms with Crippen molar-refractivity contribution in [3.63, 3.8) is 0 Å². The Balaban J connectivity index is 1.49. The average molecular weight is 431 g/mol. The third kappa shape index (κ3) is 3.35. The van der Waals surface area contributed by atoms with Gasteiger partial charge in [-0.15, -0.1) is 0 Å². The topological polar surface area (TPSA) is 108 Å². The van der Waals surface area contributed by atoms with E-state index in [4.69, 9.17) is 0 Å². The number of amides is 1. The first-order chi connectivity index (χ1) is 13.0. The van der Waals surface area contributed by atoms with E-state index in [1.54, 1.807) is 29.6 Å². The van der Waals surface area contributed by atoms with E-state index in [2.05, 4.69) is 30.9 Å². The first-order valence-electron chi connectivity index (χ1n) is 8.30. The summed E-state index contributed by atoms with van der Waals surface area (Å²) in [6.07, 6.45) is 3.13. The molecule has 3 aromatic rings. The van der Waals surface area contributed by atoms with Gasteiger partial charge in [-0.2, -0.15) is 0 Å². The number of halogens is 1. The Morgan fingerprint density at radius 1 is 1.19 bits per heavy atom.